The zero-order valence-electron chi connectivity index (χ0n) is 19.0. The molecule has 0 saturated carbocycles. The maximum Gasteiger partial charge on any atom is 0.319 e. The van der Waals surface area contributed by atoms with E-state index in [-0.39, 0.29) is 24.9 Å². The third-order valence-corrected chi connectivity index (χ3v) is 5.51. The molecular weight excluding hydrogens is 434 g/mol. The number of anilines is 2. The van der Waals surface area contributed by atoms with Gasteiger partial charge in [0.15, 0.2) is 0 Å². The van der Waals surface area contributed by atoms with Crippen molar-refractivity contribution in [2.45, 2.75) is 19.6 Å². The van der Waals surface area contributed by atoms with Crippen LogP contribution < -0.4 is 15.5 Å². The molecule has 0 aliphatic carbocycles. The van der Waals surface area contributed by atoms with Crippen molar-refractivity contribution in [1.82, 2.24) is 15.2 Å². The van der Waals surface area contributed by atoms with Crippen molar-refractivity contribution in [2.24, 2.45) is 0 Å². The number of amides is 3. The number of pyridine rings is 1. The van der Waals surface area contributed by atoms with Crippen LogP contribution >= 0.6 is 0 Å². The first-order valence-corrected chi connectivity index (χ1v) is 11.3. The van der Waals surface area contributed by atoms with Crippen LogP contribution in [-0.4, -0.2) is 54.5 Å². The second kappa shape index (κ2) is 11.9. The number of nitrogens with one attached hydrogen (secondary N) is 2. The normalized spacial score (nSPS) is 13.5. The van der Waals surface area contributed by atoms with Gasteiger partial charge in [-0.1, -0.05) is 18.2 Å². The summed E-state index contributed by atoms with van der Waals surface area (Å²) in [6, 6.07) is 16.6. The Morgan fingerprint density at radius 2 is 1.88 bits per heavy atom. The first-order chi connectivity index (χ1) is 16.7. The zero-order valence-corrected chi connectivity index (χ0v) is 19.0. The quantitative estimate of drug-likeness (QED) is 0.505. The van der Waals surface area contributed by atoms with Gasteiger partial charge in [-0.3, -0.25) is 4.79 Å². The molecule has 0 radical (unpaired) electrons. The van der Waals surface area contributed by atoms with Gasteiger partial charge in [-0.15, -0.1) is 0 Å². The molecule has 3 aromatic rings. The molecule has 2 aromatic heterocycles. The number of furan rings is 1. The van der Waals surface area contributed by atoms with Gasteiger partial charge < -0.3 is 29.6 Å². The Bertz CT molecular complexity index is 1050. The molecule has 178 valence electrons. The lowest BCUT2D eigenvalue weighted by Crippen LogP contribution is -2.49. The Labute approximate surface area is 198 Å². The van der Waals surface area contributed by atoms with Crippen LogP contribution in [-0.2, 0) is 22.7 Å². The smallest absolute Gasteiger partial charge is 0.319 e. The Morgan fingerprint density at radius 3 is 2.65 bits per heavy atom. The van der Waals surface area contributed by atoms with Crippen molar-refractivity contribution in [3.8, 4) is 0 Å². The molecule has 1 aromatic carbocycles. The van der Waals surface area contributed by atoms with E-state index < -0.39 is 0 Å². The van der Waals surface area contributed by atoms with Crippen molar-refractivity contribution in [3.63, 3.8) is 0 Å². The number of urea groups is 1. The minimum absolute atomic E-state index is 0.0386. The fraction of sp³-hybridized carbons (Fsp3) is 0.320. The fourth-order valence-corrected chi connectivity index (χ4v) is 3.75. The minimum atomic E-state index is -0.346. The number of carbonyl (C=O) groups is 2. The Morgan fingerprint density at radius 1 is 1.00 bits per heavy atom. The molecule has 1 fully saturated rings. The van der Waals surface area contributed by atoms with E-state index in [1.807, 2.05) is 59.5 Å². The molecule has 1 aliphatic heterocycles. The summed E-state index contributed by atoms with van der Waals surface area (Å²) < 4.78 is 10.9. The van der Waals surface area contributed by atoms with E-state index in [0.29, 0.717) is 32.0 Å². The summed E-state index contributed by atoms with van der Waals surface area (Å²) in [5.41, 5.74) is 1.60. The molecule has 3 heterocycles. The van der Waals surface area contributed by atoms with Gasteiger partial charge in [-0.2, -0.15) is 0 Å². The van der Waals surface area contributed by atoms with Gasteiger partial charge in [0, 0.05) is 51.0 Å². The van der Waals surface area contributed by atoms with Crippen molar-refractivity contribution in [1.29, 1.82) is 0 Å². The number of nitrogens with zero attached hydrogens (tertiary/aromatic N) is 3. The van der Waals surface area contributed by atoms with Crippen LogP contribution in [0.5, 0.6) is 0 Å². The molecule has 0 spiro atoms. The predicted octanol–water partition coefficient (Wildman–Crippen LogP) is 3.25. The van der Waals surface area contributed by atoms with Crippen LogP contribution in [0.3, 0.4) is 0 Å². The van der Waals surface area contributed by atoms with E-state index in [4.69, 9.17) is 9.15 Å². The Kier molecular flexibility index (Phi) is 8.13. The molecule has 4 rings (SSSR count). The number of carbonyl (C=O) groups excluding carboxylic acids is 2. The summed E-state index contributed by atoms with van der Waals surface area (Å²) in [5.74, 6) is 1.73. The topological polar surface area (TPSA) is 99.9 Å². The molecule has 2 N–H and O–H groups in total. The number of rotatable bonds is 9. The van der Waals surface area contributed by atoms with E-state index in [9.17, 15) is 9.59 Å². The monoisotopic (exact) mass is 463 g/mol. The molecule has 1 saturated heterocycles. The molecule has 0 bridgehead atoms. The fourth-order valence-electron chi connectivity index (χ4n) is 3.75. The maximum atomic E-state index is 12.5. The standard InChI is InChI=1S/C25H29N5O4/c31-24(30-14-12-29(13-15-30)23-8-1-2-10-26-23)9-11-27-25(32)28-21-6-3-5-20(17-21)18-33-19-22-7-4-16-34-22/h1-8,10,16-17H,9,11-15,18-19H2,(H2,27,28,32). The average Bonchev–Trinajstić information content (AvgIpc) is 3.38. The minimum Gasteiger partial charge on any atom is -0.467 e. The van der Waals surface area contributed by atoms with Gasteiger partial charge in [-0.25, -0.2) is 9.78 Å². The third-order valence-electron chi connectivity index (χ3n) is 5.51. The van der Waals surface area contributed by atoms with Crippen molar-refractivity contribution in [3.05, 3.63) is 78.4 Å². The average molecular weight is 464 g/mol. The highest BCUT2D eigenvalue weighted by Crippen LogP contribution is 2.14. The molecule has 1 aliphatic rings. The van der Waals surface area contributed by atoms with Gasteiger partial charge in [0.25, 0.3) is 0 Å². The first-order valence-electron chi connectivity index (χ1n) is 11.3. The number of hydrogen-bond acceptors (Lipinski definition) is 6. The van der Waals surface area contributed by atoms with E-state index in [1.165, 1.54) is 0 Å². The number of benzene rings is 1. The summed E-state index contributed by atoms with van der Waals surface area (Å²) in [6.45, 7) is 3.86. The van der Waals surface area contributed by atoms with Crippen molar-refractivity contribution >= 4 is 23.4 Å². The van der Waals surface area contributed by atoms with E-state index in [1.54, 1.807) is 12.5 Å². The van der Waals surface area contributed by atoms with Crippen LogP contribution in [0.4, 0.5) is 16.3 Å². The maximum absolute atomic E-state index is 12.5. The molecule has 0 unspecified atom stereocenters. The lowest BCUT2D eigenvalue weighted by Gasteiger charge is -2.35. The summed E-state index contributed by atoms with van der Waals surface area (Å²) in [6.07, 6.45) is 3.65. The highest BCUT2D eigenvalue weighted by molar-refractivity contribution is 5.89. The highest BCUT2D eigenvalue weighted by atomic mass is 16.5. The largest absolute Gasteiger partial charge is 0.467 e. The Hall–Kier alpha value is -3.85. The van der Waals surface area contributed by atoms with Gasteiger partial charge in [0.05, 0.1) is 12.9 Å². The number of hydrogen-bond donors (Lipinski definition) is 2. The van der Waals surface area contributed by atoms with Crippen LogP contribution in [0, 0.1) is 0 Å². The lowest BCUT2D eigenvalue weighted by molar-refractivity contribution is -0.131. The number of piperazine rings is 1. The summed E-state index contributed by atoms with van der Waals surface area (Å²) >= 11 is 0. The highest BCUT2D eigenvalue weighted by Gasteiger charge is 2.21. The second-order valence-corrected chi connectivity index (χ2v) is 7.96. The van der Waals surface area contributed by atoms with E-state index in [2.05, 4.69) is 20.5 Å². The first kappa shape index (κ1) is 23.3. The zero-order chi connectivity index (χ0) is 23.6. The second-order valence-electron chi connectivity index (χ2n) is 7.96. The molecule has 3 amide bonds. The van der Waals surface area contributed by atoms with Crippen LogP contribution in [0.1, 0.15) is 17.7 Å². The SMILES string of the molecule is O=C(NCCC(=O)N1CCN(c2ccccn2)CC1)Nc1cccc(COCc2ccco2)c1. The summed E-state index contributed by atoms with van der Waals surface area (Å²) in [7, 11) is 0. The number of ether oxygens (including phenoxy) is 1. The molecule has 0 atom stereocenters. The van der Waals surface area contributed by atoms with Gasteiger partial charge in [0.1, 0.15) is 18.2 Å². The molecular formula is C25H29N5O4. The molecule has 9 heteroatoms. The molecule has 34 heavy (non-hydrogen) atoms. The lowest BCUT2D eigenvalue weighted by atomic mass is 10.2. The third kappa shape index (κ3) is 6.82. The predicted molar refractivity (Wildman–Crippen MR) is 128 cm³/mol. The van der Waals surface area contributed by atoms with Crippen molar-refractivity contribution < 1.29 is 18.7 Å². The van der Waals surface area contributed by atoms with Gasteiger partial charge in [-0.05, 0) is 42.0 Å². The Balaban J connectivity index is 1.14. The molecule has 9 nitrogen and oxygen atoms in total. The van der Waals surface area contributed by atoms with Gasteiger partial charge in [0.2, 0.25) is 5.91 Å². The van der Waals surface area contributed by atoms with Crippen LogP contribution in [0.2, 0.25) is 0 Å². The van der Waals surface area contributed by atoms with Gasteiger partial charge >= 0.3 is 6.03 Å². The summed E-state index contributed by atoms with van der Waals surface area (Å²) in [4.78, 5) is 33.1. The number of aromatic nitrogens is 1. The van der Waals surface area contributed by atoms with E-state index in [0.717, 1.165) is 30.2 Å². The van der Waals surface area contributed by atoms with E-state index >= 15 is 0 Å². The van der Waals surface area contributed by atoms with Crippen LogP contribution in [0.25, 0.3) is 0 Å². The summed E-state index contributed by atoms with van der Waals surface area (Å²) in [5, 5.41) is 5.56. The van der Waals surface area contributed by atoms with Crippen LogP contribution in [0.15, 0.2) is 71.5 Å². The van der Waals surface area contributed by atoms with Crippen molar-refractivity contribution in [2.75, 3.05) is 42.9 Å².